The number of carboxylic acid groups (broad SMARTS) is 1. The maximum absolute atomic E-state index is 11.5. The van der Waals surface area contributed by atoms with Crippen LogP contribution < -0.4 is 0 Å². The molecule has 7 nitrogen and oxygen atoms in total. The molecule has 45 heavy (non-hydrogen) atoms. The van der Waals surface area contributed by atoms with Crippen molar-refractivity contribution >= 4 is 30.1 Å². The Hall–Kier alpha value is -4.49. The molecule has 7 heteroatoms. The lowest BCUT2D eigenvalue weighted by atomic mass is 9.93. The molecule has 3 aliphatic rings. The van der Waals surface area contributed by atoms with E-state index in [1.807, 2.05) is 68.5 Å². The Morgan fingerprint density at radius 2 is 1.13 bits per heavy atom. The fourth-order valence-corrected chi connectivity index (χ4v) is 6.26. The number of fused-ring (bicyclic) bond motifs is 3. The summed E-state index contributed by atoms with van der Waals surface area (Å²) in [6.45, 7) is 5.46. The highest BCUT2D eigenvalue weighted by Crippen LogP contribution is 2.36. The van der Waals surface area contributed by atoms with E-state index in [9.17, 15) is 19.5 Å². The van der Waals surface area contributed by atoms with Crippen LogP contribution in [0.3, 0.4) is 0 Å². The highest BCUT2D eigenvalue weighted by atomic mass is 16.5. The number of rotatable bonds is 6. The molecule has 4 atom stereocenters. The van der Waals surface area contributed by atoms with Crippen LogP contribution in [0.5, 0.6) is 0 Å². The molecule has 0 fully saturated rings. The third kappa shape index (κ3) is 7.43. The number of hydrogen-bond acceptors (Lipinski definition) is 6. The monoisotopic (exact) mass is 610 g/mol. The molecule has 3 aromatic carbocycles. The van der Waals surface area contributed by atoms with Gasteiger partial charge in [0, 0.05) is 0 Å². The standard InChI is InChI=1S/C13H16O3.C13H14O2.C12H12O2/c1-8(13(15)16-2)9-4-3-5-11-10(9)6-7-12(11)14;1-9(13(14)15-2)11-7-3-5-10-6-4-8-12(10)11;1-8(12(13)14)10-6-2-4-9-5-3-7-11(9)10/h3-5,8,12,14H,6-7H2,1-2H3;3-7,9H,8H2,1-2H3;2-6,8H,7H2,1H3,(H,13,14). The van der Waals surface area contributed by atoms with Crippen molar-refractivity contribution < 1.29 is 34.1 Å². The number of methoxy groups -OCH3 is 2. The van der Waals surface area contributed by atoms with Gasteiger partial charge in [-0.1, -0.05) is 78.9 Å². The average Bonchev–Trinajstić information content (AvgIpc) is 3.83. The first-order chi connectivity index (χ1) is 21.6. The fraction of sp³-hybridized carbons (Fsp3) is 0.342. The Morgan fingerprint density at radius 1 is 0.689 bits per heavy atom. The van der Waals surface area contributed by atoms with E-state index < -0.39 is 11.9 Å². The van der Waals surface area contributed by atoms with E-state index in [2.05, 4.69) is 24.3 Å². The van der Waals surface area contributed by atoms with Crippen LogP contribution in [0.15, 0.2) is 66.7 Å². The number of aliphatic hydroxyl groups excluding tert-OH is 1. The molecule has 0 spiro atoms. The minimum Gasteiger partial charge on any atom is -0.481 e. The van der Waals surface area contributed by atoms with Crippen molar-refractivity contribution in [3.8, 4) is 0 Å². The molecule has 0 saturated carbocycles. The highest BCUT2D eigenvalue weighted by molar-refractivity contribution is 5.80. The molecule has 0 saturated heterocycles. The summed E-state index contributed by atoms with van der Waals surface area (Å²) < 4.78 is 9.52. The minimum absolute atomic E-state index is 0.171. The minimum atomic E-state index is -0.759. The molecular weight excluding hydrogens is 568 g/mol. The average molecular weight is 611 g/mol. The van der Waals surface area contributed by atoms with Gasteiger partial charge in [-0.3, -0.25) is 14.4 Å². The Bertz CT molecular complexity index is 1620. The molecule has 3 aliphatic carbocycles. The molecule has 0 aliphatic heterocycles. The van der Waals surface area contributed by atoms with Crippen molar-refractivity contribution in [3.63, 3.8) is 0 Å². The number of aliphatic hydroxyl groups is 1. The predicted molar refractivity (Wildman–Crippen MR) is 175 cm³/mol. The lowest BCUT2D eigenvalue weighted by Gasteiger charge is -2.14. The highest BCUT2D eigenvalue weighted by Gasteiger charge is 2.27. The molecule has 0 bridgehead atoms. The lowest BCUT2D eigenvalue weighted by Crippen LogP contribution is -2.12. The van der Waals surface area contributed by atoms with Crippen LogP contribution >= 0.6 is 0 Å². The Labute approximate surface area is 265 Å². The van der Waals surface area contributed by atoms with E-state index in [4.69, 9.17) is 14.6 Å². The topological polar surface area (TPSA) is 110 Å². The summed E-state index contributed by atoms with van der Waals surface area (Å²) in [7, 11) is 2.83. The number of allylic oxidation sites excluding steroid dienone is 2. The zero-order valence-corrected chi connectivity index (χ0v) is 26.6. The Morgan fingerprint density at radius 3 is 1.60 bits per heavy atom. The second-order valence-electron chi connectivity index (χ2n) is 11.6. The first-order valence-electron chi connectivity index (χ1n) is 15.3. The summed E-state index contributed by atoms with van der Waals surface area (Å²) in [5, 5.41) is 18.7. The zero-order valence-electron chi connectivity index (χ0n) is 26.6. The molecule has 0 amide bonds. The van der Waals surface area contributed by atoms with E-state index in [-0.39, 0.29) is 29.9 Å². The Kier molecular flexibility index (Phi) is 11.1. The maximum Gasteiger partial charge on any atom is 0.312 e. The largest absolute Gasteiger partial charge is 0.481 e. The van der Waals surface area contributed by atoms with Crippen molar-refractivity contribution in [2.24, 2.45) is 0 Å². The number of esters is 2. The summed E-state index contributed by atoms with van der Waals surface area (Å²) in [6.07, 6.45) is 11.3. The van der Waals surface area contributed by atoms with Crippen LogP contribution in [0, 0.1) is 0 Å². The predicted octanol–water partition coefficient (Wildman–Crippen LogP) is 6.92. The quantitative estimate of drug-likeness (QED) is 0.292. The van der Waals surface area contributed by atoms with Crippen molar-refractivity contribution in [3.05, 3.63) is 117 Å². The van der Waals surface area contributed by atoms with Crippen molar-refractivity contribution in [2.45, 2.75) is 70.3 Å². The summed E-state index contributed by atoms with van der Waals surface area (Å²) in [4.78, 5) is 33.9. The number of ether oxygens (including phenoxy) is 2. The van der Waals surface area contributed by atoms with Gasteiger partial charge in [-0.05, 0) is 96.5 Å². The third-order valence-electron chi connectivity index (χ3n) is 8.89. The van der Waals surface area contributed by atoms with Gasteiger partial charge < -0.3 is 19.7 Å². The molecule has 6 rings (SSSR count). The van der Waals surface area contributed by atoms with Gasteiger partial charge in [0.1, 0.15) is 0 Å². The molecule has 236 valence electrons. The fourth-order valence-electron chi connectivity index (χ4n) is 6.26. The van der Waals surface area contributed by atoms with Crippen LogP contribution in [-0.4, -0.2) is 42.3 Å². The molecule has 0 radical (unpaired) electrons. The normalized spacial score (nSPS) is 16.9. The van der Waals surface area contributed by atoms with Gasteiger partial charge in [0.15, 0.2) is 0 Å². The second-order valence-corrected chi connectivity index (χ2v) is 11.6. The van der Waals surface area contributed by atoms with E-state index >= 15 is 0 Å². The molecule has 0 aromatic heterocycles. The van der Waals surface area contributed by atoms with Crippen molar-refractivity contribution in [2.75, 3.05) is 14.2 Å². The lowest BCUT2D eigenvalue weighted by molar-refractivity contribution is -0.142. The Balaban J connectivity index is 0.000000154. The summed E-state index contributed by atoms with van der Waals surface area (Å²) in [5.74, 6) is -2.00. The van der Waals surface area contributed by atoms with Crippen molar-refractivity contribution in [1.29, 1.82) is 0 Å². The van der Waals surface area contributed by atoms with Crippen LogP contribution in [0.2, 0.25) is 0 Å². The molecule has 4 unspecified atom stereocenters. The molecule has 3 aromatic rings. The van der Waals surface area contributed by atoms with Gasteiger partial charge >= 0.3 is 17.9 Å². The van der Waals surface area contributed by atoms with Gasteiger partial charge in [-0.15, -0.1) is 0 Å². The van der Waals surface area contributed by atoms with Gasteiger partial charge in [0.2, 0.25) is 0 Å². The number of aliphatic carboxylic acids is 1. The zero-order chi connectivity index (χ0) is 32.7. The molecule has 2 N–H and O–H groups in total. The smallest absolute Gasteiger partial charge is 0.312 e. The van der Waals surface area contributed by atoms with Crippen LogP contribution in [0.4, 0.5) is 0 Å². The number of carboxylic acids is 1. The first-order valence-corrected chi connectivity index (χ1v) is 15.3. The summed E-state index contributed by atoms with van der Waals surface area (Å²) >= 11 is 0. The number of carbonyl (C=O) groups is 3. The SMILES string of the molecule is CC(C(=O)O)c1cccc2c1CC=C2.COC(=O)C(C)c1cccc2c1CC=C2.COC(=O)C(C)c1cccc2c1CCC2O. The molecule has 0 heterocycles. The first kappa shape index (κ1) is 33.4. The number of hydrogen-bond donors (Lipinski definition) is 2. The number of benzene rings is 3. The number of carbonyl (C=O) groups excluding carboxylic acids is 2. The molecular formula is C38H42O7. The van der Waals surface area contributed by atoms with Gasteiger partial charge in [-0.2, -0.15) is 0 Å². The summed E-state index contributed by atoms with van der Waals surface area (Å²) in [5.41, 5.74) is 9.92. The van der Waals surface area contributed by atoms with E-state index in [1.165, 1.54) is 30.9 Å². The third-order valence-corrected chi connectivity index (χ3v) is 8.89. The van der Waals surface area contributed by atoms with Crippen LogP contribution in [-0.2, 0) is 43.1 Å². The van der Waals surface area contributed by atoms with E-state index in [1.54, 1.807) is 6.92 Å². The van der Waals surface area contributed by atoms with E-state index in [0.717, 1.165) is 59.1 Å². The maximum atomic E-state index is 11.5. The van der Waals surface area contributed by atoms with E-state index in [0.29, 0.717) is 0 Å². The van der Waals surface area contributed by atoms with Gasteiger partial charge in [0.05, 0.1) is 38.1 Å². The van der Waals surface area contributed by atoms with Crippen LogP contribution in [0.1, 0.15) is 101 Å². The second kappa shape index (κ2) is 15.0. The van der Waals surface area contributed by atoms with Crippen LogP contribution in [0.25, 0.3) is 12.2 Å². The van der Waals surface area contributed by atoms with Gasteiger partial charge in [0.25, 0.3) is 0 Å². The summed E-state index contributed by atoms with van der Waals surface area (Å²) in [6, 6.07) is 17.7. The van der Waals surface area contributed by atoms with Crippen molar-refractivity contribution in [1.82, 2.24) is 0 Å². The van der Waals surface area contributed by atoms with Gasteiger partial charge in [-0.25, -0.2) is 0 Å².